The van der Waals surface area contributed by atoms with Crippen LogP contribution < -0.4 is 10.5 Å². The Morgan fingerprint density at radius 1 is 1.12 bits per heavy atom. The molecule has 1 unspecified atom stereocenters. The maximum absolute atomic E-state index is 13.1. The summed E-state index contributed by atoms with van der Waals surface area (Å²) in [5.74, 6) is 0.105. The van der Waals surface area contributed by atoms with Crippen molar-refractivity contribution in [2.24, 2.45) is 15.8 Å². The lowest BCUT2D eigenvalue weighted by atomic mass is 9.96. The predicted octanol–water partition coefficient (Wildman–Crippen LogP) is 2.99. The van der Waals surface area contributed by atoms with Crippen molar-refractivity contribution >= 4 is 23.1 Å². The third-order valence-corrected chi connectivity index (χ3v) is 5.31. The molecule has 1 aromatic heterocycles. The summed E-state index contributed by atoms with van der Waals surface area (Å²) in [5, 5.41) is 29.4. The number of aryl methyl sites for hydroxylation is 2. The summed E-state index contributed by atoms with van der Waals surface area (Å²) in [7, 11) is 0. The number of pyridine rings is 1. The minimum atomic E-state index is -4.48. The molecule has 0 saturated heterocycles. The number of aliphatic imine (C=N–C) groups is 1. The van der Waals surface area contributed by atoms with E-state index < -0.39 is 30.6 Å². The van der Waals surface area contributed by atoms with E-state index in [0.717, 1.165) is 4.73 Å². The highest BCUT2D eigenvalue weighted by atomic mass is 19.4. The van der Waals surface area contributed by atoms with E-state index in [9.17, 15) is 23.6 Å². The minimum Gasteiger partial charge on any atom is -0.618 e. The molecule has 2 aromatic rings. The Bertz CT molecular complexity index is 1140. The van der Waals surface area contributed by atoms with Gasteiger partial charge in [-0.25, -0.2) is 14.6 Å². The van der Waals surface area contributed by atoms with Gasteiger partial charge in [-0.1, -0.05) is 35.4 Å². The molecule has 168 valence electrons. The highest BCUT2D eigenvalue weighted by Crippen LogP contribution is 2.37. The number of aromatic nitrogens is 1. The lowest BCUT2D eigenvalue weighted by molar-refractivity contribution is -0.888. The lowest BCUT2D eigenvalue weighted by Gasteiger charge is -2.33. The van der Waals surface area contributed by atoms with Crippen molar-refractivity contribution < 1.29 is 22.7 Å². The minimum absolute atomic E-state index is 0.0301. The van der Waals surface area contributed by atoms with Crippen molar-refractivity contribution in [2.75, 3.05) is 13.2 Å². The Hall–Kier alpha value is -3.44. The van der Waals surface area contributed by atoms with E-state index in [0.29, 0.717) is 33.8 Å². The van der Waals surface area contributed by atoms with E-state index in [4.69, 9.17) is 5.73 Å². The van der Waals surface area contributed by atoms with Crippen molar-refractivity contribution in [2.45, 2.75) is 26.4 Å². The van der Waals surface area contributed by atoms with Crippen LogP contribution in [0.1, 0.15) is 28.9 Å². The van der Waals surface area contributed by atoms with Gasteiger partial charge in [0.15, 0.2) is 18.1 Å². The van der Waals surface area contributed by atoms with Gasteiger partial charge in [-0.05, 0) is 0 Å². The number of hydrogen-bond acceptors (Lipinski definition) is 6. The number of halogens is 3. The summed E-state index contributed by atoms with van der Waals surface area (Å²) in [6.45, 7) is 2.08. The first kappa shape index (κ1) is 21.8. The first-order chi connectivity index (χ1) is 15.0. The molecule has 8 nitrogen and oxygen atoms in total. The molecule has 1 atom stereocenters. The summed E-state index contributed by atoms with van der Waals surface area (Å²) < 4.78 is 37.6. The van der Waals surface area contributed by atoms with Gasteiger partial charge in [-0.3, -0.25) is 0 Å². The fourth-order valence-corrected chi connectivity index (χ4v) is 3.77. The number of rotatable bonds is 4. The number of guanidine groups is 1. The third-order valence-electron chi connectivity index (χ3n) is 5.31. The molecule has 3 heterocycles. The summed E-state index contributed by atoms with van der Waals surface area (Å²) in [6, 6.07) is 12.3. The van der Waals surface area contributed by atoms with Gasteiger partial charge < -0.3 is 16.1 Å². The Balaban J connectivity index is 1.92. The average molecular weight is 446 g/mol. The number of fused-ring (bicyclic) bond motifs is 1. The van der Waals surface area contributed by atoms with Gasteiger partial charge in [-0.2, -0.15) is 17.9 Å². The van der Waals surface area contributed by atoms with Gasteiger partial charge in [-0.15, -0.1) is 0 Å². The van der Waals surface area contributed by atoms with Crippen LogP contribution in [-0.4, -0.2) is 40.8 Å². The second-order valence-corrected chi connectivity index (χ2v) is 7.81. The molecule has 0 bridgehead atoms. The third kappa shape index (κ3) is 4.04. The summed E-state index contributed by atoms with van der Waals surface area (Å²) in [5.41, 5.74) is 9.04. The molecule has 0 radical (unpaired) electrons. The lowest BCUT2D eigenvalue weighted by Crippen LogP contribution is -2.48. The van der Waals surface area contributed by atoms with Crippen LogP contribution in [0.15, 0.2) is 52.6 Å². The van der Waals surface area contributed by atoms with E-state index in [1.165, 1.54) is 4.90 Å². The number of nitrogens with two attached hydrogens (primary N) is 1. The molecule has 2 aliphatic heterocycles. The van der Waals surface area contributed by atoms with Crippen molar-refractivity contribution in [1.29, 1.82) is 0 Å². The molecule has 0 aliphatic carbocycles. The fourth-order valence-electron chi connectivity index (χ4n) is 3.77. The van der Waals surface area contributed by atoms with Crippen LogP contribution in [0.5, 0.6) is 0 Å². The number of quaternary nitrogens is 1. The molecule has 2 N–H and O–H groups in total. The molecule has 2 aliphatic rings. The van der Waals surface area contributed by atoms with Crippen molar-refractivity contribution in [3.63, 3.8) is 0 Å². The van der Waals surface area contributed by atoms with Gasteiger partial charge in [0, 0.05) is 37.1 Å². The quantitative estimate of drug-likeness (QED) is 0.443. The van der Waals surface area contributed by atoms with Crippen molar-refractivity contribution in [3.05, 3.63) is 75.4 Å². The molecule has 1 aromatic carbocycles. The summed E-state index contributed by atoms with van der Waals surface area (Å²) >= 11 is 0. The van der Waals surface area contributed by atoms with Crippen LogP contribution in [0.3, 0.4) is 0 Å². The summed E-state index contributed by atoms with van der Waals surface area (Å²) in [4.78, 5) is 5.80. The number of hydrogen-bond donors (Lipinski definition) is 1. The first-order valence-corrected chi connectivity index (χ1v) is 9.85. The molecule has 11 heteroatoms. The number of nitrogens with zero attached hydrogens (tertiary/aromatic N) is 5. The topological polar surface area (TPSA) is 104 Å². The summed E-state index contributed by atoms with van der Waals surface area (Å²) in [6.07, 6.45) is -5.76. The van der Waals surface area contributed by atoms with Crippen LogP contribution >= 0.6 is 0 Å². The maximum atomic E-state index is 13.1. The Morgan fingerprint density at radius 3 is 2.34 bits per heavy atom. The molecule has 0 fully saturated rings. The van der Waals surface area contributed by atoms with Gasteiger partial charge in [0.2, 0.25) is 11.8 Å². The van der Waals surface area contributed by atoms with Gasteiger partial charge in [0.25, 0.3) is 0 Å². The highest BCUT2D eigenvalue weighted by molar-refractivity contribution is 6.35. The largest absolute Gasteiger partial charge is 0.618 e. The van der Waals surface area contributed by atoms with Gasteiger partial charge >= 0.3 is 6.18 Å². The molecule has 0 spiro atoms. The Kier molecular flexibility index (Phi) is 5.18. The smallest absolute Gasteiger partial charge is 0.394 e. The Morgan fingerprint density at radius 2 is 1.75 bits per heavy atom. The Labute approximate surface area is 182 Å². The zero-order valence-corrected chi connectivity index (χ0v) is 17.4. The number of amidine groups is 1. The number of alkyl halides is 3. The molecule has 4 rings (SSSR count). The van der Waals surface area contributed by atoms with Gasteiger partial charge in [0.1, 0.15) is 6.54 Å². The first-order valence-electron chi connectivity index (χ1n) is 9.85. The van der Waals surface area contributed by atoms with E-state index >= 15 is 0 Å². The van der Waals surface area contributed by atoms with Crippen molar-refractivity contribution in [3.8, 4) is 0 Å². The number of hydroxylamine groups is 2. The monoisotopic (exact) mass is 446 g/mol. The van der Waals surface area contributed by atoms with Crippen LogP contribution in [0.25, 0.3) is 11.3 Å². The molecule has 32 heavy (non-hydrogen) atoms. The van der Waals surface area contributed by atoms with Crippen LogP contribution in [0.2, 0.25) is 0 Å². The van der Waals surface area contributed by atoms with E-state index in [-0.39, 0.29) is 11.8 Å². The van der Waals surface area contributed by atoms with E-state index in [2.05, 4.69) is 10.1 Å². The number of benzene rings is 1. The normalized spacial score (nSPS) is 20.9. The zero-order valence-electron chi connectivity index (χ0n) is 17.4. The molecule has 0 amide bonds. The molecular weight excluding hydrogens is 425 g/mol. The average Bonchev–Trinajstić information content (AvgIpc) is 3.09. The highest BCUT2D eigenvalue weighted by Gasteiger charge is 2.43. The fraction of sp³-hybridized carbons (Fsp3) is 0.286. The standard InChI is InChI=1S/C21H21F3N6O2/c1-13-10-16(11-14(2)29(13)31)17-18(15-6-4-3-5-7-15)26-20(25)28-12-30(32,27-19(17)28)9-8-21(22,23)24/h3-7,10-11H,8-9,12H2,1-2H3,(H2,25,26). The predicted molar refractivity (Wildman–Crippen MR) is 113 cm³/mol. The second-order valence-electron chi connectivity index (χ2n) is 7.81. The van der Waals surface area contributed by atoms with E-state index in [1.54, 1.807) is 50.2 Å². The maximum Gasteiger partial charge on any atom is 0.394 e. The second kappa shape index (κ2) is 7.61. The van der Waals surface area contributed by atoms with Crippen LogP contribution in [-0.2, 0) is 0 Å². The SMILES string of the molecule is Cc1cc(C2=C(c3ccccc3)N=C(N)N3C[N+]([O-])(CCC(F)(F)F)N=C23)cc(C)[n+]1[O-]. The molecule has 0 saturated carbocycles. The molecular formula is C21H21F3N6O2. The van der Waals surface area contributed by atoms with Crippen molar-refractivity contribution in [1.82, 2.24) is 4.90 Å². The van der Waals surface area contributed by atoms with Gasteiger partial charge in [0.05, 0.1) is 17.7 Å². The zero-order chi connectivity index (χ0) is 23.3. The van der Waals surface area contributed by atoms with Crippen LogP contribution in [0, 0.1) is 24.3 Å². The van der Waals surface area contributed by atoms with Crippen LogP contribution in [0.4, 0.5) is 13.2 Å². The van der Waals surface area contributed by atoms with E-state index in [1.807, 2.05) is 6.07 Å².